The van der Waals surface area contributed by atoms with E-state index in [0.717, 1.165) is 22.2 Å². The van der Waals surface area contributed by atoms with E-state index >= 15 is 0 Å². The van der Waals surface area contributed by atoms with Crippen LogP contribution in [0.15, 0.2) is 35.2 Å². The van der Waals surface area contributed by atoms with Gasteiger partial charge in [0.05, 0.1) is 17.1 Å². The molecule has 0 atom stereocenters. The molecule has 2 aromatic rings. The lowest BCUT2D eigenvalue weighted by Gasteiger charge is -2.13. The summed E-state index contributed by atoms with van der Waals surface area (Å²) in [5, 5.41) is 2.31. The summed E-state index contributed by atoms with van der Waals surface area (Å²) in [6, 6.07) is 9.26. The molecule has 0 unspecified atom stereocenters. The Labute approximate surface area is 184 Å². The molecule has 2 N–H and O–H groups in total. The van der Waals surface area contributed by atoms with Crippen molar-refractivity contribution in [2.45, 2.75) is 20.8 Å². The number of imide groups is 1. The molecular formula is C22H23N3O5S. The van der Waals surface area contributed by atoms with E-state index in [0.29, 0.717) is 21.7 Å². The second-order valence-electron chi connectivity index (χ2n) is 6.85. The number of ether oxygens (including phenoxy) is 1. The third-order valence-electron chi connectivity index (χ3n) is 4.74. The van der Waals surface area contributed by atoms with Crippen LogP contribution >= 0.6 is 11.8 Å². The molecule has 8 nitrogen and oxygen atoms in total. The van der Waals surface area contributed by atoms with Crippen molar-refractivity contribution >= 4 is 40.9 Å². The van der Waals surface area contributed by atoms with Gasteiger partial charge in [-0.15, -0.1) is 0 Å². The van der Waals surface area contributed by atoms with Gasteiger partial charge < -0.3 is 15.0 Å². The zero-order valence-electron chi connectivity index (χ0n) is 17.5. The van der Waals surface area contributed by atoms with Crippen LogP contribution in [0, 0.1) is 13.8 Å². The molecule has 31 heavy (non-hydrogen) atoms. The summed E-state index contributed by atoms with van der Waals surface area (Å²) >= 11 is 0.876. The number of benzene rings is 1. The Hall–Kier alpha value is -3.33. The number of rotatable bonds is 7. The molecule has 2 heterocycles. The standard InChI is InChI=1S/C22H23N3O5S/c1-4-30-21(28)17-13(2)18(24-14(17)3)19(26)23-10-11-25-20(27)16(31-22(25)29)12-15-8-6-5-7-9-15/h5-9,12,24H,4,10-11H2,1-3H3,(H,23,26). The number of aromatic amines is 1. The lowest BCUT2D eigenvalue weighted by Crippen LogP contribution is -2.37. The van der Waals surface area contributed by atoms with Crippen LogP contribution < -0.4 is 5.32 Å². The summed E-state index contributed by atoms with van der Waals surface area (Å²) in [5.41, 5.74) is 2.45. The first-order valence-electron chi connectivity index (χ1n) is 9.78. The van der Waals surface area contributed by atoms with Crippen molar-refractivity contribution in [2.24, 2.45) is 0 Å². The number of carbonyl (C=O) groups excluding carboxylic acids is 4. The number of H-pyrrole nitrogens is 1. The number of esters is 1. The maximum Gasteiger partial charge on any atom is 0.340 e. The lowest BCUT2D eigenvalue weighted by atomic mass is 10.1. The molecular weight excluding hydrogens is 418 g/mol. The average Bonchev–Trinajstić information content (AvgIpc) is 3.18. The normalized spacial score (nSPS) is 14.9. The van der Waals surface area contributed by atoms with Crippen molar-refractivity contribution in [2.75, 3.05) is 19.7 Å². The summed E-state index contributed by atoms with van der Waals surface area (Å²) < 4.78 is 5.03. The second-order valence-corrected chi connectivity index (χ2v) is 7.84. The van der Waals surface area contributed by atoms with Gasteiger partial charge in [-0.2, -0.15) is 0 Å². The number of aryl methyl sites for hydroxylation is 1. The van der Waals surface area contributed by atoms with Gasteiger partial charge in [0, 0.05) is 18.8 Å². The first kappa shape index (κ1) is 22.4. The molecule has 1 aromatic heterocycles. The third kappa shape index (κ3) is 4.88. The average molecular weight is 442 g/mol. The van der Waals surface area contributed by atoms with Crippen LogP contribution in [0.25, 0.3) is 6.08 Å². The highest BCUT2D eigenvalue weighted by Gasteiger charge is 2.34. The maximum absolute atomic E-state index is 12.6. The van der Waals surface area contributed by atoms with Crippen LogP contribution in [-0.4, -0.2) is 52.6 Å². The maximum atomic E-state index is 12.6. The Morgan fingerprint density at radius 3 is 2.58 bits per heavy atom. The highest BCUT2D eigenvalue weighted by atomic mass is 32.2. The molecule has 162 valence electrons. The zero-order valence-corrected chi connectivity index (χ0v) is 18.3. The van der Waals surface area contributed by atoms with Crippen LogP contribution in [-0.2, 0) is 9.53 Å². The Balaban J connectivity index is 1.61. The largest absolute Gasteiger partial charge is 0.462 e. The SMILES string of the molecule is CCOC(=O)c1c(C)[nH]c(C(=O)NCCN2C(=O)SC(=Cc3ccccc3)C2=O)c1C. The summed E-state index contributed by atoms with van der Waals surface area (Å²) in [4.78, 5) is 53.8. The number of thioether (sulfide) groups is 1. The topological polar surface area (TPSA) is 109 Å². The minimum absolute atomic E-state index is 0.0476. The molecule has 0 bridgehead atoms. The van der Waals surface area contributed by atoms with Crippen LogP contribution in [0.3, 0.4) is 0 Å². The Morgan fingerprint density at radius 2 is 1.90 bits per heavy atom. The van der Waals surface area contributed by atoms with Gasteiger partial charge in [0.25, 0.3) is 17.1 Å². The predicted molar refractivity (Wildman–Crippen MR) is 118 cm³/mol. The molecule has 1 aliphatic rings. The van der Waals surface area contributed by atoms with Crippen molar-refractivity contribution in [1.29, 1.82) is 0 Å². The molecule has 0 spiro atoms. The molecule has 1 aliphatic heterocycles. The first-order chi connectivity index (χ1) is 14.8. The molecule has 0 saturated carbocycles. The van der Waals surface area contributed by atoms with Crippen LogP contribution in [0.5, 0.6) is 0 Å². The smallest absolute Gasteiger partial charge is 0.340 e. The minimum Gasteiger partial charge on any atom is -0.462 e. The van der Waals surface area contributed by atoms with Crippen LogP contribution in [0.4, 0.5) is 4.79 Å². The van der Waals surface area contributed by atoms with Gasteiger partial charge in [0.15, 0.2) is 0 Å². The summed E-state index contributed by atoms with van der Waals surface area (Å²) in [6.07, 6.45) is 1.67. The van der Waals surface area contributed by atoms with E-state index in [1.807, 2.05) is 30.3 Å². The van der Waals surface area contributed by atoms with Gasteiger partial charge in [-0.25, -0.2) is 4.79 Å². The highest BCUT2D eigenvalue weighted by Crippen LogP contribution is 2.31. The van der Waals surface area contributed by atoms with E-state index in [4.69, 9.17) is 4.74 Å². The molecule has 3 rings (SSSR count). The minimum atomic E-state index is -0.490. The number of nitrogens with one attached hydrogen (secondary N) is 2. The predicted octanol–water partition coefficient (Wildman–Crippen LogP) is 3.27. The van der Waals surface area contributed by atoms with E-state index < -0.39 is 11.9 Å². The van der Waals surface area contributed by atoms with E-state index in [1.54, 1.807) is 26.8 Å². The number of hydrogen-bond acceptors (Lipinski definition) is 6. The van der Waals surface area contributed by atoms with Crippen molar-refractivity contribution in [3.05, 3.63) is 63.3 Å². The molecule has 1 aromatic carbocycles. The fourth-order valence-corrected chi connectivity index (χ4v) is 4.11. The van der Waals surface area contributed by atoms with E-state index in [2.05, 4.69) is 10.3 Å². The highest BCUT2D eigenvalue weighted by molar-refractivity contribution is 8.18. The number of hydrogen-bond donors (Lipinski definition) is 2. The Kier molecular flexibility index (Phi) is 6.96. The summed E-state index contributed by atoms with van der Waals surface area (Å²) in [7, 11) is 0. The Morgan fingerprint density at radius 1 is 1.19 bits per heavy atom. The van der Waals surface area contributed by atoms with Gasteiger partial charge in [-0.3, -0.25) is 19.3 Å². The van der Waals surface area contributed by atoms with Crippen LogP contribution in [0.1, 0.15) is 44.6 Å². The fraction of sp³-hybridized carbons (Fsp3) is 0.273. The fourth-order valence-electron chi connectivity index (χ4n) is 3.25. The van der Waals surface area contributed by atoms with Crippen molar-refractivity contribution < 1.29 is 23.9 Å². The summed E-state index contributed by atoms with van der Waals surface area (Å²) in [5.74, 6) is -1.30. The van der Waals surface area contributed by atoms with E-state index in [1.165, 1.54) is 0 Å². The van der Waals surface area contributed by atoms with E-state index in [-0.39, 0.29) is 36.5 Å². The monoisotopic (exact) mass is 441 g/mol. The van der Waals surface area contributed by atoms with Crippen molar-refractivity contribution in [1.82, 2.24) is 15.2 Å². The molecule has 3 amide bonds. The van der Waals surface area contributed by atoms with E-state index in [9.17, 15) is 19.2 Å². The van der Waals surface area contributed by atoms with Crippen molar-refractivity contribution in [3.8, 4) is 0 Å². The third-order valence-corrected chi connectivity index (χ3v) is 5.64. The molecule has 1 saturated heterocycles. The van der Waals surface area contributed by atoms with Gasteiger partial charge in [-0.1, -0.05) is 30.3 Å². The number of aromatic nitrogens is 1. The van der Waals surface area contributed by atoms with Gasteiger partial charge >= 0.3 is 5.97 Å². The zero-order chi connectivity index (χ0) is 22.5. The van der Waals surface area contributed by atoms with Crippen LogP contribution in [0.2, 0.25) is 0 Å². The van der Waals surface area contributed by atoms with Crippen molar-refractivity contribution in [3.63, 3.8) is 0 Å². The molecule has 0 radical (unpaired) electrons. The number of carbonyl (C=O) groups is 4. The number of nitrogens with zero attached hydrogens (tertiary/aromatic N) is 1. The Bertz CT molecular complexity index is 1060. The first-order valence-corrected chi connectivity index (χ1v) is 10.6. The molecule has 0 aliphatic carbocycles. The summed E-state index contributed by atoms with van der Waals surface area (Å²) in [6.45, 7) is 5.43. The second kappa shape index (κ2) is 9.65. The van der Waals surface area contributed by atoms with Gasteiger partial charge in [-0.05, 0) is 49.7 Å². The molecule has 1 fully saturated rings. The molecule has 9 heteroatoms. The quantitative estimate of drug-likeness (QED) is 0.504. The lowest BCUT2D eigenvalue weighted by molar-refractivity contribution is -0.122. The van der Waals surface area contributed by atoms with Gasteiger partial charge in [0.2, 0.25) is 0 Å². The number of amides is 3. The van der Waals surface area contributed by atoms with Gasteiger partial charge in [0.1, 0.15) is 5.69 Å².